The number of rotatable bonds is 9. The van der Waals surface area contributed by atoms with Crippen molar-refractivity contribution < 1.29 is 27.4 Å². The van der Waals surface area contributed by atoms with Crippen LogP contribution in [0.2, 0.25) is 0 Å². The van der Waals surface area contributed by atoms with Gasteiger partial charge in [0.2, 0.25) is 0 Å². The molecule has 2 heterocycles. The van der Waals surface area contributed by atoms with Crippen LogP contribution in [0, 0.1) is 6.92 Å². The van der Waals surface area contributed by atoms with Crippen molar-refractivity contribution >= 4 is 0 Å². The first-order chi connectivity index (χ1) is 18.3. The smallest absolute Gasteiger partial charge is 0.416 e. The van der Waals surface area contributed by atoms with Gasteiger partial charge in [0.05, 0.1) is 25.0 Å². The average Bonchev–Trinajstić information content (AvgIpc) is 3.58. The molecule has 1 fully saturated rings. The minimum atomic E-state index is -4.35. The molecule has 0 N–H and O–H groups in total. The number of ether oxygens (including phenoxy) is 3. The fourth-order valence-electron chi connectivity index (χ4n) is 4.52. The molecule has 1 saturated heterocycles. The van der Waals surface area contributed by atoms with Crippen molar-refractivity contribution in [2.45, 2.75) is 44.4 Å². The Hall–Kier alpha value is -3.62. The van der Waals surface area contributed by atoms with Crippen molar-refractivity contribution in [1.82, 2.24) is 9.55 Å². The van der Waals surface area contributed by atoms with Gasteiger partial charge in [-0.25, -0.2) is 4.98 Å². The number of halogens is 3. The number of nitrogens with zero attached hydrogens (tertiary/aromatic N) is 2. The highest BCUT2D eigenvalue weighted by Gasteiger charge is 2.42. The maximum atomic E-state index is 12.8. The molecule has 38 heavy (non-hydrogen) atoms. The summed E-state index contributed by atoms with van der Waals surface area (Å²) in [6.45, 7) is 3.32. The first kappa shape index (κ1) is 26.0. The monoisotopic (exact) mass is 522 g/mol. The minimum absolute atomic E-state index is 0.244. The molecular weight excluding hydrogens is 493 g/mol. The molecule has 0 bridgehead atoms. The number of imidazole rings is 1. The summed E-state index contributed by atoms with van der Waals surface area (Å²) in [7, 11) is 0. The molecule has 5 nitrogen and oxygen atoms in total. The van der Waals surface area contributed by atoms with E-state index in [1.165, 1.54) is 23.3 Å². The number of aryl methyl sites for hydroxylation is 2. The van der Waals surface area contributed by atoms with Gasteiger partial charge in [-0.2, -0.15) is 13.2 Å². The molecule has 0 aliphatic carbocycles. The maximum absolute atomic E-state index is 12.8. The number of hydrogen-bond acceptors (Lipinski definition) is 4. The van der Waals surface area contributed by atoms with E-state index >= 15 is 0 Å². The van der Waals surface area contributed by atoms with Gasteiger partial charge in [-0.1, -0.05) is 54.1 Å². The number of aromatic nitrogens is 2. The van der Waals surface area contributed by atoms with Crippen LogP contribution in [-0.2, 0) is 28.6 Å². The second-order valence-electron chi connectivity index (χ2n) is 9.59. The molecule has 2 atom stereocenters. The lowest BCUT2D eigenvalue weighted by Crippen LogP contribution is -2.37. The van der Waals surface area contributed by atoms with Crippen molar-refractivity contribution in [3.8, 4) is 16.9 Å². The SMILES string of the molecule is Cc1ccc(CCC2(Cn3ccnc3)OCC(COc3ccc(-c4ccc(C(F)(F)F)cc4)cc3)O2)cc1. The van der Waals surface area contributed by atoms with E-state index in [1.807, 2.05) is 22.9 Å². The van der Waals surface area contributed by atoms with Crippen LogP contribution in [0.25, 0.3) is 11.1 Å². The van der Waals surface area contributed by atoms with Gasteiger partial charge in [0.15, 0.2) is 5.79 Å². The zero-order valence-corrected chi connectivity index (χ0v) is 21.0. The standard InChI is InChI=1S/C30H29F3N2O3/c1-22-2-4-23(5-3-22)14-15-29(20-35-17-16-34-21-35)37-19-28(38-29)18-36-27-12-8-25(9-13-27)24-6-10-26(11-7-24)30(31,32)33/h2-13,16-17,21,28H,14-15,18-20H2,1H3. The topological polar surface area (TPSA) is 45.5 Å². The predicted octanol–water partition coefficient (Wildman–Crippen LogP) is 6.70. The van der Waals surface area contributed by atoms with Crippen LogP contribution in [0.4, 0.5) is 13.2 Å². The van der Waals surface area contributed by atoms with Crippen molar-refractivity contribution in [1.29, 1.82) is 0 Å². The van der Waals surface area contributed by atoms with Gasteiger partial charge in [0.25, 0.3) is 0 Å². The lowest BCUT2D eigenvalue weighted by atomic mass is 10.0. The summed E-state index contributed by atoms with van der Waals surface area (Å²) < 4.78 is 59.1. The van der Waals surface area contributed by atoms with Crippen LogP contribution in [0.5, 0.6) is 5.75 Å². The highest BCUT2D eigenvalue weighted by molar-refractivity contribution is 5.64. The fourth-order valence-corrected chi connectivity index (χ4v) is 4.52. The van der Waals surface area contributed by atoms with E-state index in [4.69, 9.17) is 14.2 Å². The second kappa shape index (κ2) is 11.0. The summed E-state index contributed by atoms with van der Waals surface area (Å²) in [4.78, 5) is 4.14. The number of hydrogen-bond donors (Lipinski definition) is 0. The Morgan fingerprint density at radius 2 is 1.66 bits per heavy atom. The highest BCUT2D eigenvalue weighted by atomic mass is 19.4. The van der Waals surface area contributed by atoms with Crippen molar-refractivity contribution in [2.24, 2.45) is 0 Å². The van der Waals surface area contributed by atoms with Gasteiger partial charge in [0.1, 0.15) is 18.5 Å². The van der Waals surface area contributed by atoms with E-state index in [0.717, 1.165) is 24.1 Å². The van der Waals surface area contributed by atoms with Gasteiger partial charge in [-0.3, -0.25) is 0 Å². The Labute approximate surface area is 219 Å². The molecule has 3 aromatic carbocycles. The summed E-state index contributed by atoms with van der Waals surface area (Å²) >= 11 is 0. The molecular formula is C30H29F3N2O3. The Bertz CT molecular complexity index is 1310. The van der Waals surface area contributed by atoms with Crippen LogP contribution in [0.3, 0.4) is 0 Å². The third kappa shape index (κ3) is 6.44. The molecule has 0 radical (unpaired) electrons. The second-order valence-corrected chi connectivity index (χ2v) is 9.59. The normalized spacial score (nSPS) is 19.5. The van der Waals surface area contributed by atoms with Crippen LogP contribution in [0.15, 0.2) is 91.5 Å². The summed E-state index contributed by atoms with van der Waals surface area (Å²) in [5.41, 5.74) is 3.29. The van der Waals surface area contributed by atoms with Crippen LogP contribution >= 0.6 is 0 Å². The van der Waals surface area contributed by atoms with Crippen LogP contribution < -0.4 is 4.74 Å². The maximum Gasteiger partial charge on any atom is 0.416 e. The molecule has 1 aliphatic rings. The molecule has 0 saturated carbocycles. The Morgan fingerprint density at radius 1 is 0.974 bits per heavy atom. The van der Waals surface area contributed by atoms with E-state index in [2.05, 4.69) is 36.2 Å². The molecule has 8 heteroatoms. The van der Waals surface area contributed by atoms with Crippen LogP contribution in [0.1, 0.15) is 23.1 Å². The predicted molar refractivity (Wildman–Crippen MR) is 138 cm³/mol. The third-order valence-electron chi connectivity index (χ3n) is 6.65. The molecule has 2 unspecified atom stereocenters. The molecule has 198 valence electrons. The lowest BCUT2D eigenvalue weighted by Gasteiger charge is -2.28. The van der Waals surface area contributed by atoms with Crippen molar-refractivity contribution in [3.05, 3.63) is 108 Å². The minimum Gasteiger partial charge on any atom is -0.491 e. The van der Waals surface area contributed by atoms with E-state index in [1.54, 1.807) is 24.7 Å². The van der Waals surface area contributed by atoms with Gasteiger partial charge >= 0.3 is 6.18 Å². The van der Waals surface area contributed by atoms with Gasteiger partial charge < -0.3 is 18.8 Å². The number of alkyl halides is 3. The first-order valence-corrected chi connectivity index (χ1v) is 12.5. The van der Waals surface area contributed by atoms with E-state index in [0.29, 0.717) is 37.5 Å². The zero-order valence-electron chi connectivity index (χ0n) is 21.0. The van der Waals surface area contributed by atoms with E-state index < -0.39 is 17.5 Å². The van der Waals surface area contributed by atoms with Crippen LogP contribution in [-0.4, -0.2) is 34.7 Å². The van der Waals surface area contributed by atoms with Crippen molar-refractivity contribution in [3.63, 3.8) is 0 Å². The Balaban J connectivity index is 1.19. The first-order valence-electron chi connectivity index (χ1n) is 12.5. The van der Waals surface area contributed by atoms with E-state index in [9.17, 15) is 13.2 Å². The Morgan fingerprint density at radius 3 is 2.29 bits per heavy atom. The summed E-state index contributed by atoms with van der Waals surface area (Å²) in [5, 5.41) is 0. The average molecular weight is 523 g/mol. The molecule has 4 aromatic rings. The summed E-state index contributed by atoms with van der Waals surface area (Å²) in [5.74, 6) is -0.137. The summed E-state index contributed by atoms with van der Waals surface area (Å²) in [6, 6.07) is 20.9. The largest absolute Gasteiger partial charge is 0.491 e. The highest BCUT2D eigenvalue weighted by Crippen LogP contribution is 2.33. The molecule has 0 amide bonds. The quantitative estimate of drug-likeness (QED) is 0.245. The summed E-state index contributed by atoms with van der Waals surface area (Å²) in [6.07, 6.45) is 2.29. The van der Waals surface area contributed by atoms with Crippen molar-refractivity contribution in [2.75, 3.05) is 13.2 Å². The molecule has 0 spiro atoms. The van der Waals surface area contributed by atoms with Gasteiger partial charge in [-0.15, -0.1) is 0 Å². The Kier molecular flexibility index (Phi) is 7.53. The fraction of sp³-hybridized carbons (Fsp3) is 0.300. The lowest BCUT2D eigenvalue weighted by molar-refractivity contribution is -0.184. The van der Waals surface area contributed by atoms with Gasteiger partial charge in [-0.05, 0) is 54.3 Å². The third-order valence-corrected chi connectivity index (χ3v) is 6.65. The zero-order chi connectivity index (χ0) is 26.6. The number of benzene rings is 3. The van der Waals surface area contributed by atoms with Gasteiger partial charge in [0, 0.05) is 18.8 Å². The van der Waals surface area contributed by atoms with E-state index in [-0.39, 0.29) is 6.10 Å². The molecule has 1 aromatic heterocycles. The molecule has 1 aliphatic heterocycles. The molecule has 5 rings (SSSR count).